The van der Waals surface area contributed by atoms with E-state index in [0.29, 0.717) is 5.75 Å². The predicted molar refractivity (Wildman–Crippen MR) is 72.0 cm³/mol. The van der Waals surface area contributed by atoms with Crippen LogP contribution in [-0.4, -0.2) is 49.8 Å². The van der Waals surface area contributed by atoms with Crippen molar-refractivity contribution in [2.75, 3.05) is 30.4 Å². The molecule has 1 aliphatic carbocycles. The van der Waals surface area contributed by atoms with Crippen LogP contribution in [0.3, 0.4) is 0 Å². The molecule has 5 heteroatoms. The lowest BCUT2D eigenvalue weighted by Crippen LogP contribution is -2.41. The molecule has 0 N–H and O–H groups in total. The highest BCUT2D eigenvalue weighted by Crippen LogP contribution is 2.25. The van der Waals surface area contributed by atoms with Crippen molar-refractivity contribution in [1.82, 2.24) is 4.90 Å². The number of sulfone groups is 1. The largest absolute Gasteiger partial charge is 0.300 e. The molecule has 1 saturated carbocycles. The summed E-state index contributed by atoms with van der Waals surface area (Å²) in [5.41, 5.74) is 0. The van der Waals surface area contributed by atoms with Crippen molar-refractivity contribution in [3.8, 4) is 0 Å². The summed E-state index contributed by atoms with van der Waals surface area (Å²) in [6.45, 7) is 2.03. The molecule has 0 aromatic heterocycles. The lowest BCUT2D eigenvalue weighted by molar-refractivity contribution is 0.128. The van der Waals surface area contributed by atoms with Crippen molar-refractivity contribution in [2.24, 2.45) is 0 Å². The number of halogens is 1. The Labute approximate surface area is 108 Å². The zero-order chi connectivity index (χ0) is 12.0. The molecule has 16 heavy (non-hydrogen) atoms. The Morgan fingerprint density at radius 2 is 1.88 bits per heavy atom. The van der Waals surface area contributed by atoms with Gasteiger partial charge in [-0.2, -0.15) is 0 Å². The van der Waals surface area contributed by atoms with E-state index in [2.05, 4.69) is 20.8 Å². The molecule has 96 valence electrons. The molecule has 0 saturated heterocycles. The number of hydrogen-bond acceptors (Lipinski definition) is 3. The summed E-state index contributed by atoms with van der Waals surface area (Å²) < 4.78 is 22.1. The first-order chi connectivity index (χ1) is 7.53. The minimum Gasteiger partial charge on any atom is -0.300 e. The van der Waals surface area contributed by atoms with Crippen molar-refractivity contribution in [3.63, 3.8) is 0 Å². The summed E-state index contributed by atoms with van der Waals surface area (Å²) in [4.78, 5) is 2.47. The Balaban J connectivity index is 2.26. The molecule has 0 aromatic rings. The second-order valence-electron chi connectivity index (χ2n) is 4.65. The molecule has 3 nitrogen and oxygen atoms in total. The minimum absolute atomic E-state index is 0.324. The topological polar surface area (TPSA) is 37.4 Å². The fourth-order valence-electron chi connectivity index (χ4n) is 2.02. The van der Waals surface area contributed by atoms with Gasteiger partial charge in [-0.3, -0.25) is 0 Å². The van der Waals surface area contributed by atoms with E-state index in [-0.39, 0.29) is 0 Å². The molecule has 0 unspecified atom stereocenters. The SMILES string of the molecule is CS(=O)(=O)CCCN(CCCBr)C1CCC1. The van der Waals surface area contributed by atoms with Crippen LogP contribution in [0.15, 0.2) is 0 Å². The lowest BCUT2D eigenvalue weighted by Gasteiger charge is -2.37. The first kappa shape index (κ1) is 14.5. The van der Waals surface area contributed by atoms with Gasteiger partial charge >= 0.3 is 0 Å². The fraction of sp³-hybridized carbons (Fsp3) is 1.00. The average molecular weight is 312 g/mol. The van der Waals surface area contributed by atoms with Crippen LogP contribution in [0.2, 0.25) is 0 Å². The Kier molecular flexibility index (Phi) is 6.29. The average Bonchev–Trinajstić information content (AvgIpc) is 2.08. The third kappa shape index (κ3) is 5.64. The number of hydrogen-bond donors (Lipinski definition) is 0. The van der Waals surface area contributed by atoms with Gasteiger partial charge in [0.2, 0.25) is 0 Å². The van der Waals surface area contributed by atoms with Gasteiger partial charge in [-0.15, -0.1) is 0 Å². The molecule has 0 spiro atoms. The monoisotopic (exact) mass is 311 g/mol. The highest BCUT2D eigenvalue weighted by atomic mass is 79.9. The molecular weight excluding hydrogens is 290 g/mol. The standard InChI is InChI=1S/C11H22BrNO2S/c1-16(14,15)10-4-9-13(8-3-7-12)11-5-2-6-11/h11H,2-10H2,1H3. The van der Waals surface area contributed by atoms with Gasteiger partial charge in [0.25, 0.3) is 0 Å². The van der Waals surface area contributed by atoms with E-state index in [1.54, 1.807) is 0 Å². The van der Waals surface area contributed by atoms with Crippen molar-refractivity contribution < 1.29 is 8.42 Å². The van der Waals surface area contributed by atoms with Crippen molar-refractivity contribution in [2.45, 2.75) is 38.1 Å². The van der Waals surface area contributed by atoms with E-state index in [9.17, 15) is 8.42 Å². The summed E-state index contributed by atoms with van der Waals surface area (Å²) in [6.07, 6.45) is 7.16. The van der Waals surface area contributed by atoms with Crippen molar-refractivity contribution in [1.29, 1.82) is 0 Å². The van der Waals surface area contributed by atoms with Crippen LogP contribution in [0.25, 0.3) is 0 Å². The molecule has 1 fully saturated rings. The zero-order valence-corrected chi connectivity index (χ0v) is 12.4. The first-order valence-corrected chi connectivity index (χ1v) is 9.19. The highest BCUT2D eigenvalue weighted by molar-refractivity contribution is 9.09. The molecular formula is C11H22BrNO2S. The van der Waals surface area contributed by atoms with Gasteiger partial charge in [-0.25, -0.2) is 8.42 Å². The van der Waals surface area contributed by atoms with Crippen LogP contribution >= 0.6 is 15.9 Å². The molecule has 0 atom stereocenters. The second-order valence-corrected chi connectivity index (χ2v) is 7.70. The maximum absolute atomic E-state index is 11.1. The Morgan fingerprint density at radius 1 is 1.25 bits per heavy atom. The van der Waals surface area contributed by atoms with Crippen LogP contribution in [0.5, 0.6) is 0 Å². The van der Waals surface area contributed by atoms with Crippen LogP contribution < -0.4 is 0 Å². The summed E-state index contributed by atoms with van der Waals surface area (Å²) in [5, 5.41) is 1.03. The molecule has 1 aliphatic rings. The first-order valence-electron chi connectivity index (χ1n) is 6.00. The maximum Gasteiger partial charge on any atom is 0.147 e. The Hall–Kier alpha value is 0.390. The normalized spacial score (nSPS) is 17.7. The smallest absolute Gasteiger partial charge is 0.147 e. The van der Waals surface area contributed by atoms with Gasteiger partial charge in [-0.1, -0.05) is 22.4 Å². The Bertz CT molecular complexity index is 288. The molecule has 0 amide bonds. The van der Waals surface area contributed by atoms with Gasteiger partial charge in [0.05, 0.1) is 5.75 Å². The number of nitrogens with zero attached hydrogens (tertiary/aromatic N) is 1. The maximum atomic E-state index is 11.1. The summed E-state index contributed by atoms with van der Waals surface area (Å²) in [5.74, 6) is 0.324. The van der Waals surface area contributed by atoms with Gasteiger partial charge in [0.15, 0.2) is 0 Å². The molecule has 0 aromatic carbocycles. The third-order valence-electron chi connectivity index (χ3n) is 3.13. The number of rotatable bonds is 8. The van der Waals surface area contributed by atoms with Crippen LogP contribution in [0.1, 0.15) is 32.1 Å². The summed E-state index contributed by atoms with van der Waals surface area (Å²) in [7, 11) is -2.79. The minimum atomic E-state index is -2.79. The van der Waals surface area contributed by atoms with Crippen molar-refractivity contribution >= 4 is 25.8 Å². The van der Waals surface area contributed by atoms with Crippen molar-refractivity contribution in [3.05, 3.63) is 0 Å². The lowest BCUT2D eigenvalue weighted by atomic mass is 9.91. The molecule has 0 heterocycles. The highest BCUT2D eigenvalue weighted by Gasteiger charge is 2.24. The van der Waals surface area contributed by atoms with E-state index >= 15 is 0 Å². The van der Waals surface area contributed by atoms with Crippen LogP contribution in [0.4, 0.5) is 0 Å². The quantitative estimate of drug-likeness (QED) is 0.644. The second kappa shape index (κ2) is 6.97. The molecule has 0 radical (unpaired) electrons. The molecule has 0 aliphatic heterocycles. The van der Waals surface area contributed by atoms with Gasteiger partial charge < -0.3 is 4.90 Å². The van der Waals surface area contributed by atoms with Gasteiger partial charge in [-0.05, 0) is 38.8 Å². The third-order valence-corrected chi connectivity index (χ3v) is 4.72. The number of alkyl halides is 1. The van der Waals surface area contributed by atoms with E-state index in [4.69, 9.17) is 0 Å². The van der Waals surface area contributed by atoms with Crippen LogP contribution in [-0.2, 0) is 9.84 Å². The van der Waals surface area contributed by atoms with E-state index < -0.39 is 9.84 Å². The Morgan fingerprint density at radius 3 is 2.31 bits per heavy atom. The zero-order valence-electron chi connectivity index (χ0n) is 9.99. The van der Waals surface area contributed by atoms with E-state index in [1.807, 2.05) is 0 Å². The summed E-state index contributed by atoms with van der Waals surface area (Å²) in [6, 6.07) is 0.721. The van der Waals surface area contributed by atoms with Gasteiger partial charge in [0, 0.05) is 17.6 Å². The predicted octanol–water partition coefficient (Wildman–Crippen LogP) is 2.06. The van der Waals surface area contributed by atoms with Gasteiger partial charge in [0.1, 0.15) is 9.84 Å². The molecule has 1 rings (SSSR count). The van der Waals surface area contributed by atoms with Crippen LogP contribution in [0, 0.1) is 0 Å². The van der Waals surface area contributed by atoms with E-state index in [0.717, 1.165) is 37.3 Å². The molecule has 0 bridgehead atoms. The summed E-state index contributed by atoms with van der Waals surface area (Å²) >= 11 is 3.44. The van der Waals surface area contributed by atoms with E-state index in [1.165, 1.54) is 25.5 Å². The fourth-order valence-corrected chi connectivity index (χ4v) is 2.93.